The van der Waals surface area contributed by atoms with Gasteiger partial charge < -0.3 is 14.8 Å². The summed E-state index contributed by atoms with van der Waals surface area (Å²) in [6.45, 7) is 9.99. The lowest BCUT2D eigenvalue weighted by molar-refractivity contribution is -0.116. The van der Waals surface area contributed by atoms with Gasteiger partial charge in [-0.3, -0.25) is 9.69 Å². The number of piperazine rings is 1. The first-order valence-corrected chi connectivity index (χ1v) is 10.7. The van der Waals surface area contributed by atoms with Gasteiger partial charge in [0.05, 0.1) is 17.4 Å². The van der Waals surface area contributed by atoms with Crippen LogP contribution in [0.1, 0.15) is 23.1 Å². The highest BCUT2D eigenvalue weighted by Gasteiger charge is 2.16. The highest BCUT2D eigenvalue weighted by molar-refractivity contribution is 5.91. The van der Waals surface area contributed by atoms with Gasteiger partial charge in [0.1, 0.15) is 0 Å². The second kappa shape index (κ2) is 8.98. The molecule has 6 heteroatoms. The zero-order valence-corrected chi connectivity index (χ0v) is 18.2. The maximum absolute atomic E-state index is 12.7. The molecule has 0 saturated carbocycles. The molecule has 1 N–H and O–H groups in total. The van der Waals surface area contributed by atoms with Crippen molar-refractivity contribution in [3.8, 4) is 0 Å². The van der Waals surface area contributed by atoms with Crippen LogP contribution >= 0.6 is 0 Å². The van der Waals surface area contributed by atoms with E-state index >= 15 is 0 Å². The van der Waals surface area contributed by atoms with Crippen molar-refractivity contribution in [2.45, 2.75) is 33.4 Å². The molecule has 1 aliphatic rings. The summed E-state index contributed by atoms with van der Waals surface area (Å²) in [6, 6.07) is 12.4. The fourth-order valence-corrected chi connectivity index (χ4v) is 3.95. The van der Waals surface area contributed by atoms with E-state index in [0.29, 0.717) is 13.0 Å². The molecular weight excluding hydrogens is 374 g/mol. The summed E-state index contributed by atoms with van der Waals surface area (Å²) in [6.07, 6.45) is 2.25. The predicted octanol–water partition coefficient (Wildman–Crippen LogP) is 3.43. The number of hydrogen-bond donors (Lipinski definition) is 1. The van der Waals surface area contributed by atoms with E-state index in [1.54, 1.807) is 0 Å². The Morgan fingerprint density at radius 1 is 1.07 bits per heavy atom. The SMILES string of the molecule is Cc1cc2ncn(CCC(=O)Nc3ccccc3CN3CCN(C)CC3)c2cc1C. The number of nitrogens with zero attached hydrogens (tertiary/aromatic N) is 4. The van der Waals surface area contributed by atoms with Gasteiger partial charge in [-0.2, -0.15) is 0 Å². The number of carbonyl (C=O) groups excluding carboxylic acids is 1. The zero-order valence-electron chi connectivity index (χ0n) is 18.2. The largest absolute Gasteiger partial charge is 0.330 e. The predicted molar refractivity (Wildman–Crippen MR) is 122 cm³/mol. The average molecular weight is 406 g/mol. The standard InChI is InChI=1S/C24H31N5O/c1-18-14-22-23(15-19(18)2)29(17-25-22)9-8-24(30)26-21-7-5-4-6-20(21)16-28-12-10-27(3)11-13-28/h4-7,14-15,17H,8-13,16H2,1-3H3,(H,26,30). The van der Waals surface area contributed by atoms with Crippen molar-refractivity contribution in [1.29, 1.82) is 0 Å². The molecule has 2 heterocycles. The van der Waals surface area contributed by atoms with Crippen LogP contribution in [0.3, 0.4) is 0 Å². The third-order valence-electron chi connectivity index (χ3n) is 6.10. The molecule has 0 aliphatic carbocycles. The molecule has 0 atom stereocenters. The molecule has 0 spiro atoms. The number of benzene rings is 2. The molecule has 0 radical (unpaired) electrons. The number of anilines is 1. The number of fused-ring (bicyclic) bond motifs is 1. The summed E-state index contributed by atoms with van der Waals surface area (Å²) >= 11 is 0. The van der Waals surface area contributed by atoms with Crippen LogP contribution < -0.4 is 5.32 Å². The van der Waals surface area contributed by atoms with Crippen molar-refractivity contribution in [2.75, 3.05) is 38.5 Å². The van der Waals surface area contributed by atoms with Crippen molar-refractivity contribution in [3.63, 3.8) is 0 Å². The van der Waals surface area contributed by atoms with Crippen LogP contribution in [-0.4, -0.2) is 58.5 Å². The number of nitrogens with one attached hydrogen (secondary N) is 1. The van der Waals surface area contributed by atoms with Crippen LogP contribution in [0.15, 0.2) is 42.7 Å². The summed E-state index contributed by atoms with van der Waals surface area (Å²) in [4.78, 5) is 22.0. The molecule has 3 aromatic rings. The van der Waals surface area contributed by atoms with Gasteiger partial charge in [-0.15, -0.1) is 0 Å². The Labute approximate surface area is 178 Å². The summed E-state index contributed by atoms with van der Waals surface area (Å²) in [5.41, 5.74) is 6.64. The van der Waals surface area contributed by atoms with Gasteiger partial charge in [0.15, 0.2) is 0 Å². The molecule has 0 bridgehead atoms. The molecule has 6 nitrogen and oxygen atoms in total. The normalized spacial score (nSPS) is 15.6. The number of aromatic nitrogens is 2. The minimum absolute atomic E-state index is 0.0338. The van der Waals surface area contributed by atoms with Crippen LogP contribution in [0.25, 0.3) is 11.0 Å². The molecule has 1 aromatic heterocycles. The maximum Gasteiger partial charge on any atom is 0.226 e. The van der Waals surface area contributed by atoms with Gasteiger partial charge in [-0.05, 0) is 55.8 Å². The monoisotopic (exact) mass is 405 g/mol. The number of rotatable bonds is 6. The van der Waals surface area contributed by atoms with Crippen molar-refractivity contribution in [2.24, 2.45) is 0 Å². The van der Waals surface area contributed by atoms with E-state index in [2.05, 4.69) is 63.8 Å². The average Bonchev–Trinajstić information content (AvgIpc) is 3.11. The summed E-state index contributed by atoms with van der Waals surface area (Å²) in [5, 5.41) is 3.13. The zero-order chi connectivity index (χ0) is 21.1. The molecule has 4 rings (SSSR count). The first-order chi connectivity index (χ1) is 14.5. The van der Waals surface area contributed by atoms with Crippen molar-refractivity contribution < 1.29 is 4.79 Å². The van der Waals surface area contributed by atoms with Gasteiger partial charge in [-0.25, -0.2) is 4.98 Å². The van der Waals surface area contributed by atoms with E-state index in [0.717, 1.165) is 49.4 Å². The molecular formula is C24H31N5O. The molecule has 0 unspecified atom stereocenters. The lowest BCUT2D eigenvalue weighted by atomic mass is 10.1. The third kappa shape index (κ3) is 4.71. The van der Waals surface area contributed by atoms with E-state index in [1.165, 1.54) is 16.7 Å². The van der Waals surface area contributed by atoms with Gasteiger partial charge in [0.2, 0.25) is 5.91 Å². The van der Waals surface area contributed by atoms with Crippen LogP contribution in [0, 0.1) is 13.8 Å². The van der Waals surface area contributed by atoms with Crippen molar-refractivity contribution in [1.82, 2.24) is 19.4 Å². The Bertz CT molecular complexity index is 1030. The lowest BCUT2D eigenvalue weighted by Gasteiger charge is -2.32. The number of carbonyl (C=O) groups is 1. The molecule has 1 saturated heterocycles. The first kappa shape index (κ1) is 20.6. The lowest BCUT2D eigenvalue weighted by Crippen LogP contribution is -2.43. The molecule has 1 fully saturated rings. The Morgan fingerprint density at radius 2 is 1.80 bits per heavy atom. The van der Waals surface area contributed by atoms with Crippen LogP contribution in [0.4, 0.5) is 5.69 Å². The highest BCUT2D eigenvalue weighted by Crippen LogP contribution is 2.20. The summed E-state index contributed by atoms with van der Waals surface area (Å²) < 4.78 is 2.07. The number of amides is 1. The summed E-state index contributed by atoms with van der Waals surface area (Å²) in [5.74, 6) is 0.0338. The van der Waals surface area contributed by atoms with E-state index < -0.39 is 0 Å². The first-order valence-electron chi connectivity index (χ1n) is 10.7. The van der Waals surface area contributed by atoms with E-state index in [9.17, 15) is 4.79 Å². The van der Waals surface area contributed by atoms with Gasteiger partial charge in [0.25, 0.3) is 0 Å². The summed E-state index contributed by atoms with van der Waals surface area (Å²) in [7, 11) is 2.16. The van der Waals surface area contributed by atoms with Crippen LogP contribution in [-0.2, 0) is 17.9 Å². The second-order valence-electron chi connectivity index (χ2n) is 8.40. The fraction of sp³-hybridized carbons (Fsp3) is 0.417. The number of aryl methyl sites for hydroxylation is 3. The topological polar surface area (TPSA) is 53.4 Å². The minimum atomic E-state index is 0.0338. The molecule has 2 aromatic carbocycles. The van der Waals surface area contributed by atoms with Crippen LogP contribution in [0.5, 0.6) is 0 Å². The quantitative estimate of drug-likeness (QED) is 0.683. The Balaban J connectivity index is 1.38. The van der Waals surface area contributed by atoms with Gasteiger partial charge in [0, 0.05) is 51.4 Å². The van der Waals surface area contributed by atoms with Crippen LogP contribution in [0.2, 0.25) is 0 Å². The molecule has 158 valence electrons. The highest BCUT2D eigenvalue weighted by atomic mass is 16.1. The fourth-order valence-electron chi connectivity index (χ4n) is 3.95. The molecule has 1 aliphatic heterocycles. The Kier molecular flexibility index (Phi) is 6.16. The van der Waals surface area contributed by atoms with Crippen molar-refractivity contribution >= 4 is 22.6 Å². The van der Waals surface area contributed by atoms with E-state index in [1.807, 2.05) is 24.5 Å². The van der Waals surface area contributed by atoms with E-state index in [4.69, 9.17) is 0 Å². The molecule has 1 amide bonds. The number of imidazole rings is 1. The molecule has 30 heavy (non-hydrogen) atoms. The second-order valence-corrected chi connectivity index (χ2v) is 8.40. The van der Waals surface area contributed by atoms with Gasteiger partial charge in [-0.1, -0.05) is 18.2 Å². The smallest absolute Gasteiger partial charge is 0.226 e. The van der Waals surface area contributed by atoms with Crippen molar-refractivity contribution in [3.05, 3.63) is 59.4 Å². The number of para-hydroxylation sites is 1. The third-order valence-corrected chi connectivity index (χ3v) is 6.10. The minimum Gasteiger partial charge on any atom is -0.330 e. The number of likely N-dealkylation sites (N-methyl/N-ethyl adjacent to an activating group) is 1. The van der Waals surface area contributed by atoms with E-state index in [-0.39, 0.29) is 5.91 Å². The van der Waals surface area contributed by atoms with Gasteiger partial charge >= 0.3 is 0 Å². The Morgan fingerprint density at radius 3 is 2.60 bits per heavy atom. The Hall–Kier alpha value is -2.70. The number of hydrogen-bond acceptors (Lipinski definition) is 4. The maximum atomic E-state index is 12.7.